The molecule has 3 heterocycles. The lowest BCUT2D eigenvalue weighted by Crippen LogP contribution is -2.49. The van der Waals surface area contributed by atoms with Crippen LogP contribution >= 0.6 is 0 Å². The van der Waals surface area contributed by atoms with Gasteiger partial charge in [-0.2, -0.15) is 4.98 Å². The second-order valence-corrected chi connectivity index (χ2v) is 4.68. The smallest absolute Gasteiger partial charge is 0.245 e. The zero-order valence-corrected chi connectivity index (χ0v) is 10.6. The average Bonchev–Trinajstić information content (AvgIpc) is 2.88. The number of nitrogens with one attached hydrogen (secondary N) is 2. The van der Waals surface area contributed by atoms with Crippen molar-refractivity contribution in [1.29, 1.82) is 0 Å². The van der Waals surface area contributed by atoms with Gasteiger partial charge >= 0.3 is 0 Å². The van der Waals surface area contributed by atoms with Gasteiger partial charge in [0.2, 0.25) is 5.95 Å². The summed E-state index contributed by atoms with van der Waals surface area (Å²) in [4.78, 5) is 10.3. The Morgan fingerprint density at radius 1 is 1.42 bits per heavy atom. The zero-order valence-electron chi connectivity index (χ0n) is 10.6. The summed E-state index contributed by atoms with van der Waals surface area (Å²) in [5.41, 5.74) is 0.599. The van der Waals surface area contributed by atoms with Crippen molar-refractivity contribution in [2.45, 2.75) is 13.0 Å². The van der Waals surface area contributed by atoms with Crippen LogP contribution in [0, 0.1) is 5.82 Å². The molecule has 7 heteroatoms. The average molecular weight is 262 g/mol. The van der Waals surface area contributed by atoms with Crippen LogP contribution < -0.4 is 10.2 Å². The first-order valence-corrected chi connectivity index (χ1v) is 6.24. The van der Waals surface area contributed by atoms with E-state index in [1.54, 1.807) is 6.20 Å². The quantitative estimate of drug-likeness (QED) is 0.838. The number of hydrogen-bond donors (Lipinski definition) is 2. The summed E-state index contributed by atoms with van der Waals surface area (Å²) >= 11 is 0. The number of rotatable bonds is 2. The van der Waals surface area contributed by atoms with Crippen molar-refractivity contribution in [2.24, 2.45) is 0 Å². The van der Waals surface area contributed by atoms with Gasteiger partial charge in [0, 0.05) is 37.4 Å². The van der Waals surface area contributed by atoms with Crippen molar-refractivity contribution < 1.29 is 4.39 Å². The number of anilines is 1. The van der Waals surface area contributed by atoms with Crippen LogP contribution in [0.2, 0.25) is 0 Å². The molecule has 1 fully saturated rings. The lowest BCUT2D eigenvalue weighted by molar-refractivity contribution is 0.480. The molecule has 0 radical (unpaired) electrons. The number of H-pyrrole nitrogens is 1. The highest BCUT2D eigenvalue weighted by atomic mass is 19.1. The summed E-state index contributed by atoms with van der Waals surface area (Å²) in [6.07, 6.45) is 2.73. The molecule has 1 atom stereocenters. The summed E-state index contributed by atoms with van der Waals surface area (Å²) in [5, 5.41) is 10.4. The normalized spacial score (nSPS) is 19.7. The third-order valence-corrected chi connectivity index (χ3v) is 3.10. The second-order valence-electron chi connectivity index (χ2n) is 4.68. The van der Waals surface area contributed by atoms with E-state index in [2.05, 4.69) is 37.3 Å². The molecule has 1 saturated heterocycles. The molecule has 0 unspecified atom stereocenters. The molecule has 0 saturated carbocycles. The summed E-state index contributed by atoms with van der Waals surface area (Å²) in [6.45, 7) is 4.75. The van der Waals surface area contributed by atoms with Crippen LogP contribution in [-0.2, 0) is 0 Å². The molecular formula is C12H15FN6. The third kappa shape index (κ3) is 2.55. The maximum Gasteiger partial charge on any atom is 0.245 e. The van der Waals surface area contributed by atoms with Crippen molar-refractivity contribution in [1.82, 2.24) is 25.5 Å². The van der Waals surface area contributed by atoms with Crippen LogP contribution in [0.3, 0.4) is 0 Å². The fraction of sp³-hybridized carbons (Fsp3) is 0.417. The van der Waals surface area contributed by atoms with E-state index in [9.17, 15) is 4.39 Å². The van der Waals surface area contributed by atoms with Gasteiger partial charge in [0.1, 0.15) is 5.82 Å². The van der Waals surface area contributed by atoms with Crippen LogP contribution in [0.4, 0.5) is 10.3 Å². The van der Waals surface area contributed by atoms with Gasteiger partial charge in [-0.1, -0.05) is 0 Å². The third-order valence-electron chi connectivity index (χ3n) is 3.10. The molecule has 2 aromatic rings. The molecule has 0 aromatic carbocycles. The first-order valence-electron chi connectivity index (χ1n) is 6.24. The molecule has 1 aliphatic heterocycles. The number of hydrogen-bond acceptors (Lipinski definition) is 5. The fourth-order valence-corrected chi connectivity index (χ4v) is 2.18. The SMILES string of the molecule is C[C@@H]1CN(c2n[nH]c(-c3cncc(F)c3)n2)CCN1. The van der Waals surface area contributed by atoms with Crippen molar-refractivity contribution in [3.63, 3.8) is 0 Å². The molecule has 2 aromatic heterocycles. The Hall–Kier alpha value is -2.02. The van der Waals surface area contributed by atoms with Crippen LogP contribution in [0.25, 0.3) is 11.4 Å². The largest absolute Gasteiger partial charge is 0.337 e. The molecule has 0 spiro atoms. The van der Waals surface area contributed by atoms with Gasteiger partial charge in [-0.25, -0.2) is 4.39 Å². The van der Waals surface area contributed by atoms with E-state index in [1.165, 1.54) is 12.3 Å². The van der Waals surface area contributed by atoms with Gasteiger partial charge in [0.25, 0.3) is 0 Å². The molecular weight excluding hydrogens is 247 g/mol. The monoisotopic (exact) mass is 262 g/mol. The topological polar surface area (TPSA) is 69.7 Å². The zero-order chi connectivity index (χ0) is 13.2. The van der Waals surface area contributed by atoms with E-state index in [0.717, 1.165) is 19.6 Å². The molecule has 3 rings (SSSR count). The van der Waals surface area contributed by atoms with Gasteiger partial charge in [-0.3, -0.25) is 10.1 Å². The van der Waals surface area contributed by atoms with E-state index in [1.807, 2.05) is 0 Å². The molecule has 0 bridgehead atoms. The lowest BCUT2D eigenvalue weighted by Gasteiger charge is -2.30. The Bertz CT molecular complexity index is 569. The predicted octanol–water partition coefficient (Wildman–Crippen LogP) is 0.804. The van der Waals surface area contributed by atoms with Crippen molar-refractivity contribution in [3.05, 3.63) is 24.3 Å². The van der Waals surface area contributed by atoms with Crippen molar-refractivity contribution >= 4 is 5.95 Å². The summed E-state index contributed by atoms with van der Waals surface area (Å²) in [7, 11) is 0. The highest BCUT2D eigenvalue weighted by Gasteiger charge is 2.19. The van der Waals surface area contributed by atoms with E-state index in [4.69, 9.17) is 0 Å². The van der Waals surface area contributed by atoms with Crippen LogP contribution in [0.5, 0.6) is 0 Å². The molecule has 19 heavy (non-hydrogen) atoms. The first-order chi connectivity index (χ1) is 9.22. The Balaban J connectivity index is 1.83. The minimum atomic E-state index is -0.383. The minimum Gasteiger partial charge on any atom is -0.337 e. The number of aromatic nitrogens is 4. The number of halogens is 1. The van der Waals surface area contributed by atoms with Gasteiger partial charge in [-0.15, -0.1) is 5.10 Å². The van der Waals surface area contributed by atoms with E-state index < -0.39 is 0 Å². The maximum absolute atomic E-state index is 13.1. The summed E-state index contributed by atoms with van der Waals surface area (Å²) in [6, 6.07) is 1.80. The Labute approximate surface area is 110 Å². The number of aromatic amines is 1. The van der Waals surface area contributed by atoms with Gasteiger partial charge < -0.3 is 10.2 Å². The van der Waals surface area contributed by atoms with Crippen LogP contribution in [-0.4, -0.2) is 45.8 Å². The van der Waals surface area contributed by atoms with Crippen LogP contribution in [0.1, 0.15) is 6.92 Å². The fourth-order valence-electron chi connectivity index (χ4n) is 2.18. The Kier molecular flexibility index (Phi) is 3.12. The molecule has 6 nitrogen and oxygen atoms in total. The van der Waals surface area contributed by atoms with E-state index >= 15 is 0 Å². The summed E-state index contributed by atoms with van der Waals surface area (Å²) < 4.78 is 13.1. The molecule has 1 aliphatic rings. The number of piperazine rings is 1. The van der Waals surface area contributed by atoms with Gasteiger partial charge in [0.05, 0.1) is 6.20 Å². The molecule has 100 valence electrons. The standard InChI is InChI=1S/C12H15FN6/c1-8-7-19(3-2-15-8)12-16-11(17-18-12)9-4-10(13)6-14-5-9/h4-6,8,15H,2-3,7H2,1H3,(H,16,17,18)/t8-/m1/s1. The minimum absolute atomic E-state index is 0.383. The maximum atomic E-state index is 13.1. The molecule has 0 aliphatic carbocycles. The molecule has 2 N–H and O–H groups in total. The van der Waals surface area contributed by atoms with Crippen molar-refractivity contribution in [2.75, 3.05) is 24.5 Å². The van der Waals surface area contributed by atoms with E-state index in [0.29, 0.717) is 23.4 Å². The second kappa shape index (κ2) is 4.93. The predicted molar refractivity (Wildman–Crippen MR) is 69.2 cm³/mol. The van der Waals surface area contributed by atoms with Gasteiger partial charge in [-0.05, 0) is 13.0 Å². The highest BCUT2D eigenvalue weighted by Crippen LogP contribution is 2.18. The van der Waals surface area contributed by atoms with Crippen molar-refractivity contribution in [3.8, 4) is 11.4 Å². The van der Waals surface area contributed by atoms with E-state index in [-0.39, 0.29) is 5.82 Å². The van der Waals surface area contributed by atoms with Gasteiger partial charge in [0.15, 0.2) is 5.82 Å². The van der Waals surface area contributed by atoms with Crippen LogP contribution in [0.15, 0.2) is 18.5 Å². The number of pyridine rings is 1. The Morgan fingerprint density at radius 3 is 3.11 bits per heavy atom. The molecule has 0 amide bonds. The number of nitrogens with zero attached hydrogens (tertiary/aromatic N) is 4. The summed E-state index contributed by atoms with van der Waals surface area (Å²) in [5.74, 6) is 0.798. The highest BCUT2D eigenvalue weighted by molar-refractivity contribution is 5.54. The lowest BCUT2D eigenvalue weighted by atomic mass is 10.2. The Morgan fingerprint density at radius 2 is 2.32 bits per heavy atom. The first kappa shape index (κ1) is 12.0.